The second-order valence-corrected chi connectivity index (χ2v) is 6.84. The highest BCUT2D eigenvalue weighted by Gasteiger charge is 2.43. The zero-order valence-corrected chi connectivity index (χ0v) is 15.9. The molecule has 7 nitrogen and oxygen atoms in total. The molecule has 0 bridgehead atoms. The minimum absolute atomic E-state index is 0.0221. The number of carbonyl (C=O) groups excluding carboxylic acids is 1. The Bertz CT molecular complexity index is 785. The monoisotopic (exact) mass is 359 g/mol. The highest BCUT2D eigenvalue weighted by Crippen LogP contribution is 2.42. The molecule has 0 saturated carbocycles. The number of benzene rings is 1. The maximum atomic E-state index is 12.8. The van der Waals surface area contributed by atoms with Crippen LogP contribution in [-0.4, -0.2) is 56.9 Å². The van der Waals surface area contributed by atoms with Crippen LogP contribution < -0.4 is 9.64 Å². The molecule has 1 aliphatic rings. The Balaban J connectivity index is 2.06. The largest absolute Gasteiger partial charge is 0.497 e. The zero-order chi connectivity index (χ0) is 18.9. The first-order valence-electron chi connectivity index (χ1n) is 8.57. The minimum atomic E-state index is -0.887. The molecule has 1 amide bonds. The number of rotatable bonds is 5. The molecule has 1 aromatic heterocycles. The van der Waals surface area contributed by atoms with Gasteiger partial charge in [-0.1, -0.05) is 17.3 Å². The number of aryl methyl sites for hydroxylation is 1. The Morgan fingerprint density at radius 1 is 1.31 bits per heavy atom. The number of amides is 1. The molecular formula is C19H25N3O4. The molecule has 3 rings (SSSR count). The van der Waals surface area contributed by atoms with E-state index >= 15 is 0 Å². The van der Waals surface area contributed by atoms with E-state index in [1.165, 1.54) is 0 Å². The van der Waals surface area contributed by atoms with Gasteiger partial charge in [0.1, 0.15) is 29.3 Å². The first-order chi connectivity index (χ1) is 12.4. The van der Waals surface area contributed by atoms with Crippen LogP contribution in [0.3, 0.4) is 0 Å². The molecule has 1 aromatic carbocycles. The van der Waals surface area contributed by atoms with E-state index in [4.69, 9.17) is 14.0 Å². The fourth-order valence-corrected chi connectivity index (χ4v) is 3.14. The maximum absolute atomic E-state index is 12.8. The fraction of sp³-hybridized carbons (Fsp3) is 0.474. The maximum Gasteiger partial charge on any atom is 0.253 e. The lowest BCUT2D eigenvalue weighted by molar-refractivity contribution is -0.127. The van der Waals surface area contributed by atoms with Crippen molar-refractivity contribution in [3.8, 4) is 5.75 Å². The van der Waals surface area contributed by atoms with E-state index in [2.05, 4.69) is 5.16 Å². The number of hydrogen-bond donors (Lipinski definition) is 0. The van der Waals surface area contributed by atoms with Crippen molar-refractivity contribution in [3.63, 3.8) is 0 Å². The second-order valence-electron chi connectivity index (χ2n) is 6.84. The number of nitrogens with zero attached hydrogens (tertiary/aromatic N) is 3. The third kappa shape index (κ3) is 3.20. The summed E-state index contributed by atoms with van der Waals surface area (Å²) in [6.07, 6.45) is 0. The number of hydrogen-bond acceptors (Lipinski definition) is 6. The number of aromatic nitrogens is 1. The van der Waals surface area contributed by atoms with Crippen LogP contribution in [0.1, 0.15) is 23.9 Å². The van der Waals surface area contributed by atoms with Crippen LogP contribution in [0.25, 0.3) is 0 Å². The van der Waals surface area contributed by atoms with Gasteiger partial charge in [-0.2, -0.15) is 0 Å². The summed E-state index contributed by atoms with van der Waals surface area (Å²) in [5, 5.41) is 4.26. The van der Waals surface area contributed by atoms with Crippen molar-refractivity contribution in [1.82, 2.24) is 10.1 Å². The first kappa shape index (κ1) is 18.4. The molecule has 1 aliphatic heterocycles. The lowest BCUT2D eigenvalue weighted by Crippen LogP contribution is -2.38. The van der Waals surface area contributed by atoms with Gasteiger partial charge in [-0.3, -0.25) is 4.79 Å². The average molecular weight is 359 g/mol. The predicted octanol–water partition coefficient (Wildman–Crippen LogP) is 2.18. The molecule has 0 saturated heterocycles. The van der Waals surface area contributed by atoms with Gasteiger partial charge >= 0.3 is 0 Å². The SMILES string of the molecule is COc1ccc(C2(C)OCC(=O)N(CCN(C)C)c3c2noc3C)cc1. The molecule has 1 atom stereocenters. The summed E-state index contributed by atoms with van der Waals surface area (Å²) in [7, 11) is 5.57. The molecule has 0 radical (unpaired) electrons. The third-order valence-electron chi connectivity index (χ3n) is 4.75. The van der Waals surface area contributed by atoms with Crippen LogP contribution in [0.15, 0.2) is 28.8 Å². The lowest BCUT2D eigenvalue weighted by Gasteiger charge is -2.27. The van der Waals surface area contributed by atoms with Gasteiger partial charge in [-0.05, 0) is 45.6 Å². The molecule has 1 unspecified atom stereocenters. The van der Waals surface area contributed by atoms with Crippen molar-refractivity contribution in [3.05, 3.63) is 41.3 Å². The van der Waals surface area contributed by atoms with Gasteiger partial charge in [0.25, 0.3) is 5.91 Å². The molecule has 0 aliphatic carbocycles. The van der Waals surface area contributed by atoms with E-state index in [1.54, 1.807) is 12.0 Å². The van der Waals surface area contributed by atoms with Crippen LogP contribution in [0.5, 0.6) is 5.75 Å². The van der Waals surface area contributed by atoms with Gasteiger partial charge in [0, 0.05) is 13.1 Å². The summed E-state index contributed by atoms with van der Waals surface area (Å²) in [5.41, 5.74) is 1.31. The first-order valence-corrected chi connectivity index (χ1v) is 8.57. The van der Waals surface area contributed by atoms with Crippen LogP contribution >= 0.6 is 0 Å². The van der Waals surface area contributed by atoms with Gasteiger partial charge in [-0.25, -0.2) is 0 Å². The van der Waals surface area contributed by atoms with Gasteiger partial charge in [-0.15, -0.1) is 0 Å². The Hall–Kier alpha value is -2.38. The Kier molecular flexibility index (Phi) is 5.02. The van der Waals surface area contributed by atoms with Crippen molar-refractivity contribution >= 4 is 11.6 Å². The molecule has 140 valence electrons. The van der Waals surface area contributed by atoms with E-state index in [1.807, 2.05) is 57.1 Å². The summed E-state index contributed by atoms with van der Waals surface area (Å²) in [6, 6.07) is 7.58. The number of ether oxygens (including phenoxy) is 2. The molecule has 2 heterocycles. The van der Waals surface area contributed by atoms with Crippen LogP contribution in [0, 0.1) is 6.92 Å². The summed E-state index contributed by atoms with van der Waals surface area (Å²) in [6.45, 7) is 4.99. The summed E-state index contributed by atoms with van der Waals surface area (Å²) >= 11 is 0. The highest BCUT2D eigenvalue weighted by atomic mass is 16.5. The van der Waals surface area contributed by atoms with Crippen LogP contribution in [-0.2, 0) is 15.1 Å². The molecule has 0 spiro atoms. The Labute approximate surface area is 153 Å². The normalized spacial score (nSPS) is 20.2. The fourth-order valence-electron chi connectivity index (χ4n) is 3.14. The van der Waals surface area contributed by atoms with Gasteiger partial charge in [0.15, 0.2) is 5.76 Å². The van der Waals surface area contributed by atoms with Crippen molar-refractivity contribution in [2.24, 2.45) is 0 Å². The summed E-state index contributed by atoms with van der Waals surface area (Å²) in [5.74, 6) is 1.26. The van der Waals surface area contributed by atoms with E-state index in [9.17, 15) is 4.79 Å². The van der Waals surface area contributed by atoms with Crippen molar-refractivity contribution in [1.29, 1.82) is 0 Å². The van der Waals surface area contributed by atoms with E-state index in [0.29, 0.717) is 23.7 Å². The molecule has 26 heavy (non-hydrogen) atoms. The second kappa shape index (κ2) is 7.09. The lowest BCUT2D eigenvalue weighted by atomic mass is 9.91. The number of likely N-dealkylation sites (N-methyl/N-ethyl adjacent to an activating group) is 1. The van der Waals surface area contributed by atoms with Crippen LogP contribution in [0.4, 0.5) is 5.69 Å². The van der Waals surface area contributed by atoms with Crippen molar-refractivity contribution < 1.29 is 18.8 Å². The van der Waals surface area contributed by atoms with Crippen molar-refractivity contribution in [2.45, 2.75) is 19.4 Å². The van der Waals surface area contributed by atoms with Crippen LogP contribution in [0.2, 0.25) is 0 Å². The Morgan fingerprint density at radius 3 is 2.62 bits per heavy atom. The molecule has 7 heteroatoms. The Morgan fingerprint density at radius 2 is 2.00 bits per heavy atom. The number of carbonyl (C=O) groups is 1. The van der Waals surface area contributed by atoms with E-state index in [-0.39, 0.29) is 12.5 Å². The molecule has 2 aromatic rings. The molecular weight excluding hydrogens is 334 g/mol. The third-order valence-corrected chi connectivity index (χ3v) is 4.75. The van der Waals surface area contributed by atoms with Crippen molar-refractivity contribution in [2.75, 3.05) is 45.8 Å². The van der Waals surface area contributed by atoms with E-state index < -0.39 is 5.60 Å². The standard InChI is InChI=1S/C19H25N3O4/c1-13-17-18(20-26-13)19(2,14-6-8-15(24-5)9-7-14)25-12-16(23)22(17)11-10-21(3)4/h6-9H,10-12H2,1-5H3. The molecule has 0 N–H and O–H groups in total. The number of methoxy groups -OCH3 is 1. The minimum Gasteiger partial charge on any atom is -0.497 e. The predicted molar refractivity (Wildman–Crippen MR) is 97.5 cm³/mol. The topological polar surface area (TPSA) is 68.0 Å². The molecule has 0 fully saturated rings. The number of anilines is 1. The highest BCUT2D eigenvalue weighted by molar-refractivity contribution is 5.96. The van der Waals surface area contributed by atoms with Gasteiger partial charge in [0.05, 0.1) is 7.11 Å². The smallest absolute Gasteiger partial charge is 0.253 e. The summed E-state index contributed by atoms with van der Waals surface area (Å²) < 4.78 is 16.8. The van der Waals surface area contributed by atoms with Gasteiger partial charge in [0.2, 0.25) is 0 Å². The van der Waals surface area contributed by atoms with E-state index in [0.717, 1.165) is 17.9 Å². The number of fused-ring (bicyclic) bond motifs is 1. The quantitative estimate of drug-likeness (QED) is 0.815. The average Bonchev–Trinajstić information content (AvgIpc) is 2.97. The van der Waals surface area contributed by atoms with Gasteiger partial charge < -0.3 is 23.8 Å². The summed E-state index contributed by atoms with van der Waals surface area (Å²) in [4.78, 5) is 16.5. The zero-order valence-electron chi connectivity index (χ0n) is 15.9.